The number of fused-ring (bicyclic) bond motifs is 1. The van der Waals surface area contributed by atoms with Crippen LogP contribution in [0.2, 0.25) is 0 Å². The number of amides is 1. The van der Waals surface area contributed by atoms with Gasteiger partial charge in [0, 0.05) is 30.4 Å². The smallest absolute Gasteiger partial charge is 0.239 e. The average Bonchev–Trinajstić information content (AvgIpc) is 3.20. The summed E-state index contributed by atoms with van der Waals surface area (Å²) >= 11 is 0. The Labute approximate surface area is 154 Å². The summed E-state index contributed by atoms with van der Waals surface area (Å²) in [5.74, 6) is 1.53. The molecule has 0 aliphatic heterocycles. The molecule has 0 unspecified atom stereocenters. The zero-order chi connectivity index (χ0) is 18.9. The number of imidazole rings is 1. The van der Waals surface area contributed by atoms with Crippen LogP contribution in [-0.4, -0.2) is 44.6 Å². The highest BCUT2D eigenvalue weighted by Crippen LogP contribution is 2.30. The summed E-state index contributed by atoms with van der Waals surface area (Å²) in [7, 11) is 1.92. The standard InChI is InChI=1S/C19H28N6O/c1-6-25-12-20-10-15(25)17-21-14-9-7-8-13(14)18(22-17)24(5)11-16(26)23-19(2,3)4/h10,12H,6-9,11H2,1-5H3,(H,23,26). The summed E-state index contributed by atoms with van der Waals surface area (Å²) < 4.78 is 2.03. The normalized spacial score (nSPS) is 13.6. The largest absolute Gasteiger partial charge is 0.350 e. The second-order valence-electron chi connectivity index (χ2n) is 7.87. The Balaban J connectivity index is 1.92. The van der Waals surface area contributed by atoms with Gasteiger partial charge in [-0.1, -0.05) is 0 Å². The van der Waals surface area contributed by atoms with Crippen LogP contribution >= 0.6 is 0 Å². The first-order valence-corrected chi connectivity index (χ1v) is 9.21. The number of carbonyl (C=O) groups excluding carboxylic acids is 1. The van der Waals surface area contributed by atoms with Gasteiger partial charge in [-0.25, -0.2) is 15.0 Å². The maximum absolute atomic E-state index is 12.3. The molecule has 1 aliphatic rings. The zero-order valence-corrected chi connectivity index (χ0v) is 16.3. The SMILES string of the molecule is CCn1cncc1-c1nc2c(c(N(C)CC(=O)NC(C)(C)C)n1)CCC2. The summed E-state index contributed by atoms with van der Waals surface area (Å²) in [6.45, 7) is 9.11. The Morgan fingerprint density at radius 3 is 2.77 bits per heavy atom. The fourth-order valence-corrected chi connectivity index (χ4v) is 3.35. The maximum Gasteiger partial charge on any atom is 0.239 e. The van der Waals surface area contributed by atoms with Crippen molar-refractivity contribution in [2.75, 3.05) is 18.5 Å². The monoisotopic (exact) mass is 356 g/mol. The number of carbonyl (C=O) groups is 1. The predicted octanol–water partition coefficient (Wildman–Crippen LogP) is 2.20. The van der Waals surface area contributed by atoms with E-state index in [0.29, 0.717) is 5.82 Å². The molecule has 2 aromatic rings. The molecule has 7 heteroatoms. The van der Waals surface area contributed by atoms with Gasteiger partial charge in [-0.3, -0.25) is 4.79 Å². The van der Waals surface area contributed by atoms with Gasteiger partial charge in [0.05, 0.1) is 19.1 Å². The van der Waals surface area contributed by atoms with Crippen molar-refractivity contribution >= 4 is 11.7 Å². The van der Waals surface area contributed by atoms with Crippen molar-refractivity contribution in [3.63, 3.8) is 0 Å². The van der Waals surface area contributed by atoms with Gasteiger partial charge in [-0.2, -0.15) is 0 Å². The maximum atomic E-state index is 12.3. The lowest BCUT2D eigenvalue weighted by Gasteiger charge is -2.25. The lowest BCUT2D eigenvalue weighted by Crippen LogP contribution is -2.45. The van der Waals surface area contributed by atoms with Crippen molar-refractivity contribution < 1.29 is 4.79 Å². The fraction of sp³-hybridized carbons (Fsp3) is 0.579. The molecule has 2 aromatic heterocycles. The first-order valence-electron chi connectivity index (χ1n) is 9.21. The van der Waals surface area contributed by atoms with Gasteiger partial charge in [0.25, 0.3) is 0 Å². The lowest BCUT2D eigenvalue weighted by molar-refractivity contribution is -0.121. The van der Waals surface area contributed by atoms with E-state index < -0.39 is 0 Å². The van der Waals surface area contributed by atoms with Crippen molar-refractivity contribution in [1.29, 1.82) is 0 Å². The quantitative estimate of drug-likeness (QED) is 0.889. The molecule has 2 heterocycles. The van der Waals surface area contributed by atoms with Crippen molar-refractivity contribution in [1.82, 2.24) is 24.8 Å². The van der Waals surface area contributed by atoms with Gasteiger partial charge in [-0.15, -0.1) is 0 Å². The highest BCUT2D eigenvalue weighted by molar-refractivity contribution is 5.82. The zero-order valence-electron chi connectivity index (χ0n) is 16.3. The van der Waals surface area contributed by atoms with Crippen molar-refractivity contribution in [2.45, 2.75) is 59.0 Å². The molecule has 0 aromatic carbocycles. The minimum atomic E-state index is -0.246. The van der Waals surface area contributed by atoms with Gasteiger partial charge in [0.15, 0.2) is 5.82 Å². The molecular formula is C19H28N6O. The Morgan fingerprint density at radius 2 is 2.08 bits per heavy atom. The summed E-state index contributed by atoms with van der Waals surface area (Å²) in [6.07, 6.45) is 6.60. The van der Waals surface area contributed by atoms with Crippen LogP contribution < -0.4 is 10.2 Å². The van der Waals surface area contributed by atoms with Gasteiger partial charge in [-0.05, 0) is 47.0 Å². The van der Waals surface area contributed by atoms with E-state index in [1.165, 1.54) is 5.56 Å². The van der Waals surface area contributed by atoms with Crippen LogP contribution in [0.3, 0.4) is 0 Å². The molecule has 1 amide bonds. The van der Waals surface area contributed by atoms with Crippen molar-refractivity contribution in [2.24, 2.45) is 0 Å². The molecule has 0 saturated heterocycles. The van der Waals surface area contributed by atoms with Gasteiger partial charge in [0.1, 0.15) is 11.5 Å². The van der Waals surface area contributed by atoms with Crippen LogP contribution in [0.5, 0.6) is 0 Å². The van der Waals surface area contributed by atoms with Crippen LogP contribution in [0.1, 0.15) is 45.4 Å². The molecule has 0 radical (unpaired) electrons. The molecule has 0 atom stereocenters. The Morgan fingerprint density at radius 1 is 1.31 bits per heavy atom. The summed E-state index contributed by atoms with van der Waals surface area (Å²) in [5.41, 5.74) is 2.93. The minimum Gasteiger partial charge on any atom is -0.350 e. The highest BCUT2D eigenvalue weighted by atomic mass is 16.2. The van der Waals surface area contributed by atoms with Crippen LogP contribution in [0.15, 0.2) is 12.5 Å². The third-order valence-electron chi connectivity index (χ3n) is 4.45. The molecule has 1 aliphatic carbocycles. The van der Waals surface area contributed by atoms with Crippen molar-refractivity contribution in [3.05, 3.63) is 23.8 Å². The minimum absolute atomic E-state index is 0.00879. The Bertz CT molecular complexity index is 805. The Hall–Kier alpha value is -2.44. The van der Waals surface area contributed by atoms with E-state index in [2.05, 4.69) is 17.2 Å². The number of nitrogens with one attached hydrogen (secondary N) is 1. The fourth-order valence-electron chi connectivity index (χ4n) is 3.35. The second-order valence-corrected chi connectivity index (χ2v) is 7.87. The average molecular weight is 356 g/mol. The lowest BCUT2D eigenvalue weighted by atomic mass is 10.1. The van der Waals surface area contributed by atoms with E-state index in [1.54, 1.807) is 12.5 Å². The number of hydrogen-bond donors (Lipinski definition) is 1. The Kier molecular flexibility index (Phi) is 4.98. The number of hydrogen-bond acceptors (Lipinski definition) is 5. The van der Waals surface area contributed by atoms with Crippen molar-refractivity contribution in [3.8, 4) is 11.5 Å². The third kappa shape index (κ3) is 3.86. The van der Waals surface area contributed by atoms with Crippen LogP contribution in [-0.2, 0) is 24.2 Å². The molecule has 26 heavy (non-hydrogen) atoms. The number of nitrogens with zero attached hydrogens (tertiary/aromatic N) is 5. The molecule has 7 nitrogen and oxygen atoms in total. The molecule has 0 bridgehead atoms. The second kappa shape index (κ2) is 7.05. The summed E-state index contributed by atoms with van der Waals surface area (Å²) in [6, 6.07) is 0. The summed E-state index contributed by atoms with van der Waals surface area (Å²) in [4.78, 5) is 28.1. The van der Waals surface area contributed by atoms with Crippen LogP contribution in [0.4, 0.5) is 5.82 Å². The van der Waals surface area contributed by atoms with Crippen LogP contribution in [0.25, 0.3) is 11.5 Å². The third-order valence-corrected chi connectivity index (χ3v) is 4.45. The highest BCUT2D eigenvalue weighted by Gasteiger charge is 2.24. The molecule has 3 rings (SSSR count). The topological polar surface area (TPSA) is 75.9 Å². The summed E-state index contributed by atoms with van der Waals surface area (Å²) in [5, 5.41) is 3.01. The molecule has 0 saturated carbocycles. The van der Waals surface area contributed by atoms with Gasteiger partial charge < -0.3 is 14.8 Å². The first-order chi connectivity index (χ1) is 12.3. The molecule has 0 spiro atoms. The van der Waals surface area contributed by atoms with E-state index in [0.717, 1.165) is 43.0 Å². The van der Waals surface area contributed by atoms with Gasteiger partial charge >= 0.3 is 0 Å². The van der Waals surface area contributed by atoms with E-state index in [9.17, 15) is 4.79 Å². The van der Waals surface area contributed by atoms with E-state index >= 15 is 0 Å². The molecule has 1 N–H and O–H groups in total. The molecular weight excluding hydrogens is 328 g/mol. The molecule has 0 fully saturated rings. The predicted molar refractivity (Wildman–Crippen MR) is 102 cm³/mol. The first kappa shape index (κ1) is 18.4. The van der Waals surface area contributed by atoms with E-state index in [1.807, 2.05) is 37.3 Å². The van der Waals surface area contributed by atoms with Gasteiger partial charge in [0.2, 0.25) is 5.91 Å². The number of likely N-dealkylation sites (N-methyl/N-ethyl adjacent to an activating group) is 1. The number of aryl methyl sites for hydroxylation is 2. The van der Waals surface area contributed by atoms with E-state index in [-0.39, 0.29) is 18.0 Å². The van der Waals surface area contributed by atoms with Crippen LogP contribution in [0, 0.1) is 0 Å². The number of rotatable bonds is 5. The number of aromatic nitrogens is 4. The van der Waals surface area contributed by atoms with E-state index in [4.69, 9.17) is 9.97 Å². The number of anilines is 1. The molecule has 140 valence electrons.